The van der Waals surface area contributed by atoms with Crippen LogP contribution in [0.1, 0.15) is 6.42 Å². The van der Waals surface area contributed by atoms with E-state index in [1.54, 1.807) is 24.4 Å². The fraction of sp³-hybridized carbons (Fsp3) is 0.167. The highest BCUT2D eigenvalue weighted by atomic mass is 19.1. The van der Waals surface area contributed by atoms with Crippen molar-refractivity contribution in [3.8, 4) is 11.4 Å². The number of hydrogen-bond donors (Lipinski definition) is 3. The van der Waals surface area contributed by atoms with Gasteiger partial charge >= 0.3 is 0 Å². The van der Waals surface area contributed by atoms with Crippen LogP contribution in [0.15, 0.2) is 48.7 Å². The zero-order chi connectivity index (χ0) is 18.4. The molecular weight excluding hydrogens is 340 g/mol. The summed E-state index contributed by atoms with van der Waals surface area (Å²) in [5.41, 5.74) is 1.10. The summed E-state index contributed by atoms with van der Waals surface area (Å²) in [4.78, 5) is 12.9. The second kappa shape index (κ2) is 8.30. The summed E-state index contributed by atoms with van der Waals surface area (Å²) in [5, 5.41) is 14.7. The van der Waals surface area contributed by atoms with E-state index in [1.165, 1.54) is 0 Å². The first-order valence-corrected chi connectivity index (χ1v) is 8.03. The number of rotatable bonds is 7. The van der Waals surface area contributed by atoms with Crippen LogP contribution in [-0.2, 0) is 0 Å². The topological polar surface area (TPSA) is 83.0 Å². The van der Waals surface area contributed by atoms with Gasteiger partial charge in [0.2, 0.25) is 5.95 Å². The lowest BCUT2D eigenvalue weighted by Gasteiger charge is -2.11. The van der Waals surface area contributed by atoms with Gasteiger partial charge in [0.15, 0.2) is 0 Å². The molecule has 3 aromatic rings. The Morgan fingerprint density at radius 1 is 1.00 bits per heavy atom. The van der Waals surface area contributed by atoms with Crippen LogP contribution in [0, 0.1) is 11.6 Å². The maximum Gasteiger partial charge on any atom is 0.225 e. The van der Waals surface area contributed by atoms with E-state index in [0.29, 0.717) is 30.3 Å². The van der Waals surface area contributed by atoms with Crippen molar-refractivity contribution >= 4 is 17.5 Å². The van der Waals surface area contributed by atoms with Gasteiger partial charge in [0.05, 0.1) is 17.1 Å². The minimum absolute atomic E-state index is 0.0306. The standard InChI is InChI=1S/C18H17F2N5O/c19-12-5-6-13(20)15(10-12)23-17-11-16(14-4-1-2-7-21-14)24-18(25-17)22-8-3-9-26/h1-2,4-7,10-11,26H,3,8-9H2,(H2,22,23,24,25). The summed E-state index contributed by atoms with van der Waals surface area (Å²) in [7, 11) is 0. The lowest BCUT2D eigenvalue weighted by atomic mass is 10.2. The van der Waals surface area contributed by atoms with Crippen LogP contribution in [0.4, 0.5) is 26.2 Å². The number of aliphatic hydroxyl groups is 1. The van der Waals surface area contributed by atoms with E-state index in [2.05, 4.69) is 25.6 Å². The number of aliphatic hydroxyl groups excluding tert-OH is 1. The summed E-state index contributed by atoms with van der Waals surface area (Å²) in [6, 6.07) is 10.1. The quantitative estimate of drug-likeness (QED) is 0.563. The van der Waals surface area contributed by atoms with Crippen LogP contribution in [0.5, 0.6) is 0 Å². The summed E-state index contributed by atoms with van der Waals surface area (Å²) in [6.45, 7) is 0.502. The Hall–Kier alpha value is -3.13. The minimum atomic E-state index is -0.598. The molecule has 0 spiro atoms. The first-order chi connectivity index (χ1) is 12.7. The molecule has 0 aliphatic heterocycles. The number of anilines is 3. The predicted molar refractivity (Wildman–Crippen MR) is 95.1 cm³/mol. The number of benzene rings is 1. The Labute approximate surface area is 149 Å². The molecule has 3 rings (SSSR count). The molecule has 0 unspecified atom stereocenters. The predicted octanol–water partition coefficient (Wildman–Crippen LogP) is 3.35. The molecule has 8 heteroatoms. The van der Waals surface area contributed by atoms with Crippen LogP contribution < -0.4 is 10.6 Å². The van der Waals surface area contributed by atoms with Crippen LogP contribution >= 0.6 is 0 Å². The Morgan fingerprint density at radius 3 is 2.65 bits per heavy atom. The van der Waals surface area contributed by atoms with Crippen molar-refractivity contribution < 1.29 is 13.9 Å². The molecule has 2 heterocycles. The highest BCUT2D eigenvalue weighted by Gasteiger charge is 2.10. The average Bonchev–Trinajstić information content (AvgIpc) is 2.65. The third-order valence-electron chi connectivity index (χ3n) is 3.46. The number of pyridine rings is 1. The lowest BCUT2D eigenvalue weighted by molar-refractivity contribution is 0.292. The van der Waals surface area contributed by atoms with Crippen LogP contribution in [-0.4, -0.2) is 33.2 Å². The molecule has 0 aliphatic rings. The summed E-state index contributed by atoms with van der Waals surface area (Å²) >= 11 is 0. The van der Waals surface area contributed by atoms with Gasteiger partial charge in [-0.1, -0.05) is 6.07 Å². The number of halogens is 2. The highest BCUT2D eigenvalue weighted by molar-refractivity contribution is 5.65. The van der Waals surface area contributed by atoms with Gasteiger partial charge < -0.3 is 15.7 Å². The van der Waals surface area contributed by atoms with E-state index in [-0.39, 0.29) is 18.1 Å². The van der Waals surface area contributed by atoms with Gasteiger partial charge in [0.1, 0.15) is 17.5 Å². The van der Waals surface area contributed by atoms with E-state index in [4.69, 9.17) is 5.11 Å². The van der Waals surface area contributed by atoms with Gasteiger partial charge in [-0.2, -0.15) is 4.98 Å². The summed E-state index contributed by atoms with van der Waals surface area (Å²) in [6.07, 6.45) is 2.16. The first kappa shape index (κ1) is 17.7. The second-order valence-corrected chi connectivity index (χ2v) is 5.43. The van der Waals surface area contributed by atoms with Crippen LogP contribution in [0.2, 0.25) is 0 Å². The number of aromatic nitrogens is 3. The van der Waals surface area contributed by atoms with Crippen LogP contribution in [0.25, 0.3) is 11.4 Å². The van der Waals surface area contributed by atoms with Crippen LogP contribution in [0.3, 0.4) is 0 Å². The van der Waals surface area contributed by atoms with E-state index >= 15 is 0 Å². The molecule has 0 atom stereocenters. The van der Waals surface area contributed by atoms with Crippen molar-refractivity contribution in [3.63, 3.8) is 0 Å². The molecule has 0 radical (unpaired) electrons. The largest absolute Gasteiger partial charge is 0.396 e. The molecule has 3 N–H and O–H groups in total. The second-order valence-electron chi connectivity index (χ2n) is 5.43. The molecule has 0 saturated heterocycles. The minimum Gasteiger partial charge on any atom is -0.396 e. The normalized spacial score (nSPS) is 10.6. The lowest BCUT2D eigenvalue weighted by Crippen LogP contribution is -2.09. The van der Waals surface area contributed by atoms with E-state index in [0.717, 1.165) is 18.2 Å². The molecule has 26 heavy (non-hydrogen) atoms. The average molecular weight is 357 g/mol. The zero-order valence-electron chi connectivity index (χ0n) is 13.8. The Morgan fingerprint density at radius 2 is 1.88 bits per heavy atom. The molecule has 1 aromatic carbocycles. The van der Waals surface area contributed by atoms with E-state index < -0.39 is 11.6 Å². The SMILES string of the molecule is OCCCNc1nc(Nc2cc(F)ccc2F)cc(-c2ccccn2)n1. The van der Waals surface area contributed by atoms with E-state index in [9.17, 15) is 8.78 Å². The van der Waals surface area contributed by atoms with Crippen molar-refractivity contribution in [2.75, 3.05) is 23.8 Å². The third-order valence-corrected chi connectivity index (χ3v) is 3.46. The molecule has 0 fully saturated rings. The third kappa shape index (κ3) is 4.48. The summed E-state index contributed by atoms with van der Waals surface area (Å²) < 4.78 is 27.3. The molecule has 0 aliphatic carbocycles. The smallest absolute Gasteiger partial charge is 0.225 e. The first-order valence-electron chi connectivity index (χ1n) is 8.03. The Kier molecular flexibility index (Phi) is 5.65. The molecule has 0 saturated carbocycles. The Balaban J connectivity index is 1.95. The Bertz CT molecular complexity index is 877. The van der Waals surface area contributed by atoms with Gasteiger partial charge in [-0.15, -0.1) is 0 Å². The zero-order valence-corrected chi connectivity index (χ0v) is 13.8. The number of nitrogens with one attached hydrogen (secondary N) is 2. The van der Waals surface area contributed by atoms with Crippen molar-refractivity contribution in [2.24, 2.45) is 0 Å². The number of hydrogen-bond acceptors (Lipinski definition) is 6. The maximum atomic E-state index is 13.9. The molecule has 134 valence electrons. The van der Waals surface area contributed by atoms with Gasteiger partial charge in [-0.25, -0.2) is 13.8 Å². The monoisotopic (exact) mass is 357 g/mol. The van der Waals surface area contributed by atoms with Gasteiger partial charge in [0.25, 0.3) is 0 Å². The maximum absolute atomic E-state index is 13.9. The van der Waals surface area contributed by atoms with E-state index in [1.807, 2.05) is 6.07 Å². The molecule has 0 amide bonds. The highest BCUT2D eigenvalue weighted by Crippen LogP contribution is 2.24. The molecule has 0 bridgehead atoms. The fourth-order valence-electron chi connectivity index (χ4n) is 2.25. The molecular formula is C18H17F2N5O. The molecule has 6 nitrogen and oxygen atoms in total. The molecule has 2 aromatic heterocycles. The van der Waals surface area contributed by atoms with Gasteiger partial charge in [-0.05, 0) is 30.7 Å². The number of nitrogens with zero attached hydrogens (tertiary/aromatic N) is 3. The van der Waals surface area contributed by atoms with Gasteiger partial charge in [-0.3, -0.25) is 4.98 Å². The van der Waals surface area contributed by atoms with Crippen molar-refractivity contribution in [2.45, 2.75) is 6.42 Å². The van der Waals surface area contributed by atoms with Crippen molar-refractivity contribution in [1.82, 2.24) is 15.0 Å². The fourth-order valence-corrected chi connectivity index (χ4v) is 2.25. The summed E-state index contributed by atoms with van der Waals surface area (Å²) in [5.74, 6) is -0.578. The van der Waals surface area contributed by atoms with Gasteiger partial charge in [0, 0.05) is 31.5 Å². The van der Waals surface area contributed by atoms with Crippen molar-refractivity contribution in [3.05, 3.63) is 60.3 Å². The van der Waals surface area contributed by atoms with Crippen molar-refractivity contribution in [1.29, 1.82) is 0 Å².